The predicted molar refractivity (Wildman–Crippen MR) is 97.9 cm³/mol. The summed E-state index contributed by atoms with van der Waals surface area (Å²) in [5.74, 6) is 0. The van der Waals surface area contributed by atoms with Crippen molar-refractivity contribution in [2.24, 2.45) is 5.41 Å². The van der Waals surface area contributed by atoms with E-state index in [2.05, 4.69) is 47.5 Å². The summed E-state index contributed by atoms with van der Waals surface area (Å²) in [4.78, 5) is 6.39. The number of anilines is 1. The van der Waals surface area contributed by atoms with Gasteiger partial charge in [-0.25, -0.2) is 4.98 Å². The smallest absolute Gasteiger partial charge is 0.101 e. The minimum atomic E-state index is 0.138. The molecule has 1 heterocycles. The van der Waals surface area contributed by atoms with Crippen molar-refractivity contribution in [1.29, 1.82) is 5.26 Å². The Morgan fingerprint density at radius 3 is 2.83 bits per heavy atom. The van der Waals surface area contributed by atoms with E-state index in [0.29, 0.717) is 10.6 Å². The van der Waals surface area contributed by atoms with Crippen LogP contribution in [0.25, 0.3) is 5.70 Å². The summed E-state index contributed by atoms with van der Waals surface area (Å²) in [7, 11) is 2.08. The number of allylic oxidation sites excluding steroid dienone is 1. The molecule has 1 atom stereocenters. The van der Waals surface area contributed by atoms with Crippen LogP contribution < -0.4 is 4.90 Å². The maximum atomic E-state index is 9.05. The molecule has 1 aromatic heterocycles. The number of nitrogens with zero attached hydrogens (tertiary/aromatic N) is 4. The summed E-state index contributed by atoms with van der Waals surface area (Å²) in [6.07, 6.45) is 10.1. The third-order valence-corrected chi connectivity index (χ3v) is 5.22. The van der Waals surface area contributed by atoms with Gasteiger partial charge in [-0.2, -0.15) is 5.26 Å². The number of aromatic nitrogens is 2. The summed E-state index contributed by atoms with van der Waals surface area (Å²) < 4.78 is 2.09. The maximum Gasteiger partial charge on any atom is 0.101 e. The molecule has 0 aliphatic heterocycles. The Bertz CT molecular complexity index is 799. The van der Waals surface area contributed by atoms with Gasteiger partial charge in [0.15, 0.2) is 0 Å². The van der Waals surface area contributed by atoms with Crippen molar-refractivity contribution in [3.05, 3.63) is 53.6 Å². The van der Waals surface area contributed by atoms with Crippen molar-refractivity contribution in [3.63, 3.8) is 0 Å². The van der Waals surface area contributed by atoms with E-state index in [9.17, 15) is 0 Å². The Labute approximate surface area is 148 Å². The van der Waals surface area contributed by atoms with E-state index in [1.807, 2.05) is 24.7 Å². The molecule has 0 radical (unpaired) electrons. The maximum absolute atomic E-state index is 9.05. The number of benzene rings is 1. The molecule has 1 unspecified atom stereocenters. The molecule has 1 aliphatic carbocycles. The van der Waals surface area contributed by atoms with Gasteiger partial charge in [-0.3, -0.25) is 0 Å². The van der Waals surface area contributed by atoms with Crippen molar-refractivity contribution in [2.45, 2.75) is 32.7 Å². The molecule has 0 amide bonds. The molecule has 0 fully saturated rings. The van der Waals surface area contributed by atoms with Crippen molar-refractivity contribution in [2.75, 3.05) is 11.9 Å². The van der Waals surface area contributed by atoms with Crippen LogP contribution in [0.4, 0.5) is 5.69 Å². The number of imidazole rings is 1. The summed E-state index contributed by atoms with van der Waals surface area (Å²) in [5.41, 5.74) is 2.93. The lowest BCUT2D eigenvalue weighted by Crippen LogP contribution is -2.44. The predicted octanol–water partition coefficient (Wildman–Crippen LogP) is 4.57. The van der Waals surface area contributed by atoms with Gasteiger partial charge in [0.1, 0.15) is 6.07 Å². The molecule has 0 N–H and O–H groups in total. The van der Waals surface area contributed by atoms with Gasteiger partial charge in [-0.05, 0) is 42.5 Å². The molecule has 24 heavy (non-hydrogen) atoms. The number of likely N-dealkylation sites (N-methyl/N-ethyl adjacent to an activating group) is 1. The summed E-state index contributed by atoms with van der Waals surface area (Å²) in [6.45, 7) is 4.58. The minimum Gasteiger partial charge on any atom is -0.367 e. The van der Waals surface area contributed by atoms with E-state index in [1.165, 1.54) is 5.70 Å². The minimum absolute atomic E-state index is 0.138. The van der Waals surface area contributed by atoms with E-state index in [4.69, 9.17) is 16.9 Å². The average Bonchev–Trinajstić information content (AvgIpc) is 3.08. The summed E-state index contributed by atoms with van der Waals surface area (Å²) >= 11 is 6.22. The van der Waals surface area contributed by atoms with Crippen LogP contribution >= 0.6 is 11.6 Å². The first-order chi connectivity index (χ1) is 11.4. The first kappa shape index (κ1) is 16.6. The van der Waals surface area contributed by atoms with Gasteiger partial charge in [0.25, 0.3) is 0 Å². The number of hydrogen-bond acceptors (Lipinski definition) is 3. The van der Waals surface area contributed by atoms with Crippen molar-refractivity contribution < 1.29 is 0 Å². The van der Waals surface area contributed by atoms with Crippen LogP contribution in [0.5, 0.6) is 0 Å². The lowest BCUT2D eigenvalue weighted by molar-refractivity contribution is 0.283. The molecule has 5 heteroatoms. The lowest BCUT2D eigenvalue weighted by Gasteiger charge is -2.43. The first-order valence-electron chi connectivity index (χ1n) is 8.04. The monoisotopic (exact) mass is 340 g/mol. The molecule has 3 rings (SSSR count). The van der Waals surface area contributed by atoms with Crippen molar-refractivity contribution in [3.8, 4) is 6.07 Å². The SMILES string of the molecule is CN(c1ccc(C#N)c(Cl)c1)C1C=C(n2ccnc2)CCC1(C)C. The molecular weight excluding hydrogens is 320 g/mol. The van der Waals surface area contributed by atoms with E-state index in [1.54, 1.807) is 12.3 Å². The fourth-order valence-electron chi connectivity index (χ4n) is 3.34. The molecule has 1 aliphatic rings. The second-order valence-corrected chi connectivity index (χ2v) is 7.36. The Hall–Kier alpha value is -2.25. The third-order valence-electron chi connectivity index (χ3n) is 4.91. The van der Waals surface area contributed by atoms with Crippen LogP contribution in [0, 0.1) is 16.7 Å². The zero-order chi connectivity index (χ0) is 17.3. The zero-order valence-electron chi connectivity index (χ0n) is 14.2. The van der Waals surface area contributed by atoms with Gasteiger partial charge in [0.2, 0.25) is 0 Å². The Morgan fingerprint density at radius 2 is 2.21 bits per heavy atom. The molecule has 124 valence electrons. The standard InChI is InChI=1S/C19H21ClN4/c1-19(2)7-6-16(24-9-8-22-13-24)11-18(19)23(3)15-5-4-14(12-21)17(20)10-15/h4-5,8-11,13,18H,6-7H2,1-3H3. The van der Waals surface area contributed by atoms with Gasteiger partial charge >= 0.3 is 0 Å². The van der Waals surface area contributed by atoms with Crippen molar-refractivity contribution >= 4 is 23.0 Å². The number of nitriles is 1. The van der Waals surface area contributed by atoms with Gasteiger partial charge in [0.05, 0.1) is 23.0 Å². The van der Waals surface area contributed by atoms with Gasteiger partial charge in [-0.1, -0.05) is 25.4 Å². The zero-order valence-corrected chi connectivity index (χ0v) is 15.0. The number of rotatable bonds is 3. The van der Waals surface area contributed by atoms with E-state index >= 15 is 0 Å². The van der Waals surface area contributed by atoms with Crippen LogP contribution in [0.3, 0.4) is 0 Å². The van der Waals surface area contributed by atoms with Gasteiger partial charge in [-0.15, -0.1) is 0 Å². The fourth-order valence-corrected chi connectivity index (χ4v) is 3.56. The van der Waals surface area contributed by atoms with Crippen LogP contribution in [0.15, 0.2) is 43.0 Å². The normalized spacial score (nSPS) is 19.5. The van der Waals surface area contributed by atoms with Crippen LogP contribution in [0.2, 0.25) is 5.02 Å². The van der Waals surface area contributed by atoms with Crippen LogP contribution in [-0.2, 0) is 0 Å². The molecule has 1 aromatic carbocycles. The Kier molecular flexibility index (Phi) is 4.38. The van der Waals surface area contributed by atoms with E-state index in [-0.39, 0.29) is 11.5 Å². The Morgan fingerprint density at radius 1 is 1.42 bits per heavy atom. The molecule has 0 saturated carbocycles. The summed E-state index contributed by atoms with van der Waals surface area (Å²) in [5, 5.41) is 9.55. The van der Waals surface area contributed by atoms with E-state index < -0.39 is 0 Å². The quantitative estimate of drug-likeness (QED) is 0.821. The molecule has 0 spiro atoms. The molecule has 2 aromatic rings. The van der Waals surface area contributed by atoms with Crippen LogP contribution in [0.1, 0.15) is 32.3 Å². The average molecular weight is 341 g/mol. The highest BCUT2D eigenvalue weighted by molar-refractivity contribution is 6.32. The summed E-state index contributed by atoms with van der Waals surface area (Å²) in [6, 6.07) is 7.95. The Balaban J connectivity index is 1.96. The third kappa shape index (κ3) is 3.05. The first-order valence-corrected chi connectivity index (χ1v) is 8.42. The molecular formula is C19H21ClN4. The van der Waals surface area contributed by atoms with Crippen molar-refractivity contribution in [1.82, 2.24) is 9.55 Å². The highest BCUT2D eigenvalue weighted by atomic mass is 35.5. The highest BCUT2D eigenvalue weighted by Crippen LogP contribution is 2.40. The largest absolute Gasteiger partial charge is 0.367 e. The molecule has 4 nitrogen and oxygen atoms in total. The lowest BCUT2D eigenvalue weighted by atomic mass is 9.75. The number of halogens is 1. The second-order valence-electron chi connectivity index (χ2n) is 6.95. The second kappa shape index (κ2) is 6.33. The molecule has 0 saturated heterocycles. The van der Waals surface area contributed by atoms with Gasteiger partial charge < -0.3 is 9.47 Å². The molecule has 0 bridgehead atoms. The fraction of sp³-hybridized carbons (Fsp3) is 0.368. The topological polar surface area (TPSA) is 44.9 Å². The van der Waals surface area contributed by atoms with Crippen LogP contribution in [-0.4, -0.2) is 22.6 Å². The van der Waals surface area contributed by atoms with E-state index in [0.717, 1.165) is 18.5 Å². The van der Waals surface area contributed by atoms with Gasteiger partial charge in [0, 0.05) is 30.8 Å². The highest BCUT2D eigenvalue weighted by Gasteiger charge is 2.35. The number of hydrogen-bond donors (Lipinski definition) is 0.